The van der Waals surface area contributed by atoms with E-state index in [1.54, 1.807) is 26.2 Å². The summed E-state index contributed by atoms with van der Waals surface area (Å²) in [5.74, 6) is 1.94. The first-order chi connectivity index (χ1) is 19.7. The van der Waals surface area contributed by atoms with Gasteiger partial charge in [0.25, 0.3) is 5.56 Å². The number of nitrogens with zero attached hydrogens (tertiary/aromatic N) is 5. The van der Waals surface area contributed by atoms with Gasteiger partial charge in [-0.2, -0.15) is 4.98 Å². The Labute approximate surface area is 246 Å². The van der Waals surface area contributed by atoms with E-state index in [4.69, 9.17) is 21.3 Å². The lowest BCUT2D eigenvalue weighted by molar-refractivity contribution is -0.120. The number of hydrogen-bond donors (Lipinski definition) is 2. The first kappa shape index (κ1) is 29.3. The summed E-state index contributed by atoms with van der Waals surface area (Å²) in [7, 11) is 1.69. The number of ether oxygens (including phenoxy) is 1. The van der Waals surface area contributed by atoms with Gasteiger partial charge < -0.3 is 24.8 Å². The Morgan fingerprint density at radius 3 is 2.61 bits per heavy atom. The largest absolute Gasteiger partial charge is 0.480 e. The van der Waals surface area contributed by atoms with Crippen molar-refractivity contribution in [3.8, 4) is 5.75 Å². The standard InChI is InChI=1S/C30H40ClN7O3/c1-5-23(39)19-41-26-17-20-16-22(6-7-25(20)36(4)28(26)40)34-27-24(31)18-33-29(35-27)37-12-14-38(15-13-37)30(2,3)21-8-10-32-11-9-21/h6-7,16-18,21,32H,5,8-15,19H2,1-4H3,(H,33,34,35). The second kappa shape index (κ2) is 12.3. The number of carbonyl (C=O) groups is 1. The molecule has 2 aromatic heterocycles. The van der Waals surface area contributed by atoms with Gasteiger partial charge in [-0.1, -0.05) is 18.5 Å². The van der Waals surface area contributed by atoms with Gasteiger partial charge in [0.1, 0.15) is 11.6 Å². The molecule has 220 valence electrons. The molecule has 2 fully saturated rings. The van der Waals surface area contributed by atoms with Crippen molar-refractivity contribution in [1.29, 1.82) is 0 Å². The third-order valence-corrected chi connectivity index (χ3v) is 8.96. The summed E-state index contributed by atoms with van der Waals surface area (Å²) in [6, 6.07) is 7.31. The number of anilines is 3. The third-order valence-electron chi connectivity index (χ3n) is 8.68. The minimum Gasteiger partial charge on any atom is -0.480 e. The van der Waals surface area contributed by atoms with Crippen LogP contribution in [0.15, 0.2) is 35.3 Å². The summed E-state index contributed by atoms with van der Waals surface area (Å²) in [4.78, 5) is 38.6. The van der Waals surface area contributed by atoms with E-state index in [2.05, 4.69) is 39.3 Å². The summed E-state index contributed by atoms with van der Waals surface area (Å²) in [6.45, 7) is 12.3. The number of halogens is 1. The first-order valence-corrected chi connectivity index (χ1v) is 14.8. The van der Waals surface area contributed by atoms with Crippen LogP contribution in [0.1, 0.15) is 40.0 Å². The highest BCUT2D eigenvalue weighted by atomic mass is 35.5. The molecule has 11 heteroatoms. The minimum atomic E-state index is -0.287. The molecule has 0 unspecified atom stereocenters. The maximum atomic E-state index is 12.7. The van der Waals surface area contributed by atoms with Crippen LogP contribution in [0.5, 0.6) is 5.75 Å². The van der Waals surface area contributed by atoms with Crippen LogP contribution < -0.4 is 25.8 Å². The lowest BCUT2D eigenvalue weighted by Gasteiger charge is -2.49. The van der Waals surface area contributed by atoms with Gasteiger partial charge in [-0.15, -0.1) is 0 Å². The van der Waals surface area contributed by atoms with Crippen LogP contribution in [0.4, 0.5) is 17.5 Å². The zero-order valence-electron chi connectivity index (χ0n) is 24.4. The fourth-order valence-electron chi connectivity index (χ4n) is 5.90. The number of piperidine rings is 1. The van der Waals surface area contributed by atoms with Crippen molar-refractivity contribution in [1.82, 2.24) is 24.8 Å². The van der Waals surface area contributed by atoms with Crippen LogP contribution in [0, 0.1) is 5.92 Å². The molecule has 0 saturated carbocycles. The zero-order chi connectivity index (χ0) is 29.1. The molecule has 5 rings (SSSR count). The number of fused-ring (bicyclic) bond motifs is 1. The topological polar surface area (TPSA) is 105 Å². The number of aromatic nitrogens is 3. The number of ketones is 1. The molecule has 2 saturated heterocycles. The predicted octanol–water partition coefficient (Wildman–Crippen LogP) is 3.98. The molecule has 0 aliphatic carbocycles. The van der Waals surface area contributed by atoms with E-state index in [9.17, 15) is 9.59 Å². The summed E-state index contributed by atoms with van der Waals surface area (Å²) in [6.07, 6.45) is 4.44. The van der Waals surface area contributed by atoms with Crippen molar-refractivity contribution in [3.63, 3.8) is 0 Å². The van der Waals surface area contributed by atoms with E-state index >= 15 is 0 Å². The maximum absolute atomic E-state index is 12.7. The number of nitrogens with one attached hydrogen (secondary N) is 2. The van der Waals surface area contributed by atoms with E-state index < -0.39 is 0 Å². The van der Waals surface area contributed by atoms with Crippen molar-refractivity contribution in [2.24, 2.45) is 13.0 Å². The summed E-state index contributed by atoms with van der Waals surface area (Å²) in [5, 5.41) is 8.01. The molecule has 0 bridgehead atoms. The number of benzene rings is 1. The minimum absolute atomic E-state index is 0.0660. The van der Waals surface area contributed by atoms with Crippen LogP contribution in [0.25, 0.3) is 10.9 Å². The number of hydrogen-bond acceptors (Lipinski definition) is 9. The van der Waals surface area contributed by atoms with E-state index in [0.29, 0.717) is 29.1 Å². The Morgan fingerprint density at radius 1 is 1.17 bits per heavy atom. The van der Waals surface area contributed by atoms with Crippen molar-refractivity contribution >= 4 is 45.7 Å². The average molecular weight is 582 g/mol. The molecule has 2 aliphatic heterocycles. The fourth-order valence-corrected chi connectivity index (χ4v) is 6.04. The number of Topliss-reactive ketones (excluding diaryl/α,β-unsaturated/α-hetero) is 1. The second-order valence-electron chi connectivity index (χ2n) is 11.5. The monoisotopic (exact) mass is 581 g/mol. The zero-order valence-corrected chi connectivity index (χ0v) is 25.1. The summed E-state index contributed by atoms with van der Waals surface area (Å²) in [5.41, 5.74) is 1.38. The normalized spacial score (nSPS) is 17.1. The molecule has 41 heavy (non-hydrogen) atoms. The molecule has 4 heterocycles. The Hall–Kier alpha value is -3.21. The Kier molecular flexibility index (Phi) is 8.82. The molecule has 0 atom stereocenters. The number of pyridine rings is 1. The molecule has 0 spiro atoms. The Bertz CT molecular complexity index is 1460. The van der Waals surface area contributed by atoms with E-state index in [1.165, 1.54) is 17.4 Å². The summed E-state index contributed by atoms with van der Waals surface area (Å²) < 4.78 is 7.07. The van der Waals surface area contributed by atoms with E-state index in [0.717, 1.165) is 55.9 Å². The molecule has 2 N–H and O–H groups in total. The van der Waals surface area contributed by atoms with Crippen LogP contribution >= 0.6 is 11.6 Å². The molecule has 10 nitrogen and oxygen atoms in total. The van der Waals surface area contributed by atoms with Gasteiger partial charge in [0.15, 0.2) is 17.4 Å². The number of rotatable bonds is 9. The van der Waals surface area contributed by atoms with Gasteiger partial charge in [-0.25, -0.2) is 4.98 Å². The average Bonchev–Trinajstić information content (AvgIpc) is 2.99. The predicted molar refractivity (Wildman–Crippen MR) is 164 cm³/mol. The van der Waals surface area contributed by atoms with Crippen molar-refractivity contribution in [2.45, 2.75) is 45.6 Å². The van der Waals surface area contributed by atoms with Gasteiger partial charge in [-0.3, -0.25) is 14.5 Å². The SMILES string of the molecule is CCC(=O)COc1cc2cc(Nc3nc(N4CCN(C(C)(C)C5CCNCC5)CC4)ncc3Cl)ccc2n(C)c1=O. The highest BCUT2D eigenvalue weighted by molar-refractivity contribution is 6.32. The maximum Gasteiger partial charge on any atom is 0.293 e. The van der Waals surface area contributed by atoms with E-state index in [1.807, 2.05) is 18.2 Å². The lowest BCUT2D eigenvalue weighted by Crippen LogP contribution is -2.59. The molecule has 0 amide bonds. The fraction of sp³-hybridized carbons (Fsp3) is 0.533. The molecule has 3 aromatic rings. The van der Waals surface area contributed by atoms with Gasteiger partial charge in [-0.05, 0) is 70.0 Å². The van der Waals surface area contributed by atoms with Crippen molar-refractivity contribution in [2.75, 3.05) is 56.1 Å². The van der Waals surface area contributed by atoms with Crippen LogP contribution in [0.3, 0.4) is 0 Å². The third kappa shape index (κ3) is 6.34. The lowest BCUT2D eigenvalue weighted by atomic mass is 9.79. The highest BCUT2D eigenvalue weighted by Crippen LogP contribution is 2.33. The molecular weight excluding hydrogens is 542 g/mol. The van der Waals surface area contributed by atoms with Gasteiger partial charge >= 0.3 is 0 Å². The molecule has 1 aromatic carbocycles. The number of piperazine rings is 1. The summed E-state index contributed by atoms with van der Waals surface area (Å²) >= 11 is 6.51. The van der Waals surface area contributed by atoms with Crippen LogP contribution in [-0.4, -0.2) is 76.6 Å². The van der Waals surface area contributed by atoms with Crippen LogP contribution in [0.2, 0.25) is 5.02 Å². The Balaban J connectivity index is 1.30. The van der Waals surface area contributed by atoms with Crippen molar-refractivity contribution in [3.05, 3.63) is 45.8 Å². The Morgan fingerprint density at radius 2 is 1.90 bits per heavy atom. The van der Waals surface area contributed by atoms with Gasteiger partial charge in [0, 0.05) is 56.3 Å². The quantitative estimate of drug-likeness (QED) is 0.388. The van der Waals surface area contributed by atoms with Crippen molar-refractivity contribution < 1.29 is 9.53 Å². The van der Waals surface area contributed by atoms with Gasteiger partial charge in [0.05, 0.1) is 11.7 Å². The molecule has 0 radical (unpaired) electrons. The molecule has 2 aliphatic rings. The second-order valence-corrected chi connectivity index (χ2v) is 11.9. The smallest absolute Gasteiger partial charge is 0.293 e. The highest BCUT2D eigenvalue weighted by Gasteiger charge is 2.37. The van der Waals surface area contributed by atoms with Gasteiger partial charge in [0.2, 0.25) is 5.95 Å². The first-order valence-electron chi connectivity index (χ1n) is 14.5. The number of aryl methyl sites for hydroxylation is 1. The van der Waals surface area contributed by atoms with E-state index in [-0.39, 0.29) is 29.2 Å². The number of carbonyl (C=O) groups excluding carboxylic acids is 1. The molecular formula is C30H40ClN7O3. The van der Waals surface area contributed by atoms with Crippen LogP contribution in [-0.2, 0) is 11.8 Å².